The van der Waals surface area contributed by atoms with Crippen LogP contribution in [-0.2, 0) is 16.4 Å². The van der Waals surface area contributed by atoms with Crippen molar-refractivity contribution in [3.05, 3.63) is 46.1 Å². The van der Waals surface area contributed by atoms with Gasteiger partial charge in [0.2, 0.25) is 11.7 Å². The summed E-state index contributed by atoms with van der Waals surface area (Å²) in [6, 6.07) is 8.21. The third kappa shape index (κ3) is 3.31. The van der Waals surface area contributed by atoms with Crippen molar-refractivity contribution in [1.82, 2.24) is 10.1 Å². The normalized spacial score (nSPS) is 11.6. The number of aryl methyl sites for hydroxylation is 2. The molecule has 2 aromatic heterocycles. The van der Waals surface area contributed by atoms with Crippen LogP contribution in [0.4, 0.5) is 5.69 Å². The predicted molar refractivity (Wildman–Crippen MR) is 94.0 cm³/mol. The second-order valence-electron chi connectivity index (χ2n) is 4.98. The zero-order valence-electron chi connectivity index (χ0n) is 12.9. The molecule has 2 heterocycles. The molecule has 9 heteroatoms. The standard InChI is InChI=1S/C15H14ClN3O3S2/c1-3-14-17-15(18-22-14)12-8-13(9(2)23-12)24(20,21)19-11-7-5-4-6-10(11)16/h4-8,19H,3H2,1-2H3. The number of nitrogens with one attached hydrogen (secondary N) is 1. The summed E-state index contributed by atoms with van der Waals surface area (Å²) in [4.78, 5) is 5.67. The Hall–Kier alpha value is -1.90. The summed E-state index contributed by atoms with van der Waals surface area (Å²) in [6.45, 7) is 3.64. The van der Waals surface area contributed by atoms with Gasteiger partial charge in [-0.25, -0.2) is 8.42 Å². The van der Waals surface area contributed by atoms with Crippen molar-refractivity contribution in [3.8, 4) is 10.7 Å². The summed E-state index contributed by atoms with van der Waals surface area (Å²) in [5.41, 5.74) is 0.333. The van der Waals surface area contributed by atoms with Crippen molar-refractivity contribution in [2.75, 3.05) is 4.72 Å². The van der Waals surface area contributed by atoms with Crippen LogP contribution in [0, 0.1) is 6.92 Å². The highest BCUT2D eigenvalue weighted by atomic mass is 35.5. The molecule has 0 amide bonds. The number of hydrogen-bond acceptors (Lipinski definition) is 6. The minimum Gasteiger partial charge on any atom is -0.339 e. The number of benzene rings is 1. The van der Waals surface area contributed by atoms with Gasteiger partial charge in [0.05, 0.1) is 15.6 Å². The molecule has 0 saturated heterocycles. The lowest BCUT2D eigenvalue weighted by atomic mass is 10.3. The molecule has 3 rings (SSSR count). The Morgan fingerprint density at radius 2 is 2.08 bits per heavy atom. The molecule has 0 radical (unpaired) electrons. The minimum absolute atomic E-state index is 0.172. The highest BCUT2D eigenvalue weighted by molar-refractivity contribution is 7.93. The fraction of sp³-hybridized carbons (Fsp3) is 0.200. The van der Waals surface area contributed by atoms with E-state index in [1.54, 1.807) is 37.3 Å². The monoisotopic (exact) mass is 383 g/mol. The van der Waals surface area contributed by atoms with Gasteiger partial charge in [0, 0.05) is 11.3 Å². The predicted octanol–water partition coefficient (Wildman–Crippen LogP) is 4.12. The molecule has 0 bridgehead atoms. The van der Waals surface area contributed by atoms with Crippen LogP contribution in [0.3, 0.4) is 0 Å². The van der Waals surface area contributed by atoms with Crippen molar-refractivity contribution in [2.45, 2.75) is 25.2 Å². The van der Waals surface area contributed by atoms with E-state index in [-0.39, 0.29) is 4.90 Å². The molecular formula is C15H14ClN3O3S2. The quantitative estimate of drug-likeness (QED) is 0.716. The average molecular weight is 384 g/mol. The third-order valence-electron chi connectivity index (χ3n) is 3.27. The van der Waals surface area contributed by atoms with Crippen LogP contribution >= 0.6 is 22.9 Å². The summed E-state index contributed by atoms with van der Waals surface area (Å²) in [6.07, 6.45) is 0.622. The zero-order chi connectivity index (χ0) is 17.3. The highest BCUT2D eigenvalue weighted by Gasteiger charge is 2.23. The SMILES string of the molecule is CCc1nc(-c2cc(S(=O)(=O)Nc3ccccc3Cl)c(C)s2)no1. The fourth-order valence-corrected chi connectivity index (χ4v) is 4.92. The van der Waals surface area contributed by atoms with E-state index in [2.05, 4.69) is 14.9 Å². The Balaban J connectivity index is 1.95. The van der Waals surface area contributed by atoms with E-state index in [1.165, 1.54) is 11.3 Å². The average Bonchev–Trinajstić information content (AvgIpc) is 3.16. The number of halogens is 1. The molecule has 24 heavy (non-hydrogen) atoms. The molecule has 0 aliphatic heterocycles. The second kappa shape index (κ2) is 6.54. The first-order valence-corrected chi connectivity index (χ1v) is 9.79. The first-order chi connectivity index (χ1) is 11.4. The van der Waals surface area contributed by atoms with E-state index >= 15 is 0 Å². The molecule has 0 aliphatic rings. The number of nitrogens with zero attached hydrogens (tertiary/aromatic N) is 2. The maximum absolute atomic E-state index is 12.7. The van der Waals surface area contributed by atoms with Crippen LogP contribution in [0.15, 0.2) is 39.8 Å². The van der Waals surface area contributed by atoms with Crippen LogP contribution in [0.5, 0.6) is 0 Å². The molecular weight excluding hydrogens is 370 g/mol. The Bertz CT molecular complexity index is 980. The Kier molecular flexibility index (Phi) is 4.62. The number of hydrogen-bond donors (Lipinski definition) is 1. The largest absolute Gasteiger partial charge is 0.339 e. The fourth-order valence-electron chi connectivity index (χ4n) is 2.08. The van der Waals surface area contributed by atoms with E-state index in [1.807, 2.05) is 6.92 Å². The van der Waals surface area contributed by atoms with E-state index in [4.69, 9.17) is 16.1 Å². The number of sulfonamides is 1. The molecule has 1 N–H and O–H groups in total. The number of thiophene rings is 1. The summed E-state index contributed by atoms with van der Waals surface area (Å²) in [7, 11) is -3.76. The van der Waals surface area contributed by atoms with Gasteiger partial charge < -0.3 is 4.52 Å². The lowest BCUT2D eigenvalue weighted by molar-refractivity contribution is 0.383. The van der Waals surface area contributed by atoms with Crippen molar-refractivity contribution in [3.63, 3.8) is 0 Å². The molecule has 0 unspecified atom stereocenters. The molecule has 6 nitrogen and oxygen atoms in total. The third-order valence-corrected chi connectivity index (χ3v) is 6.27. The number of para-hydroxylation sites is 1. The van der Waals surface area contributed by atoms with E-state index in [0.717, 1.165) is 0 Å². The number of aromatic nitrogens is 2. The number of rotatable bonds is 5. The van der Waals surface area contributed by atoms with Crippen LogP contribution in [0.2, 0.25) is 5.02 Å². The first kappa shape index (κ1) is 16.9. The van der Waals surface area contributed by atoms with Gasteiger partial charge in [0.15, 0.2) is 0 Å². The van der Waals surface area contributed by atoms with Crippen LogP contribution in [0.25, 0.3) is 10.7 Å². The molecule has 0 atom stereocenters. The first-order valence-electron chi connectivity index (χ1n) is 7.11. The molecule has 0 aliphatic carbocycles. The zero-order valence-corrected chi connectivity index (χ0v) is 15.3. The maximum Gasteiger partial charge on any atom is 0.263 e. The van der Waals surface area contributed by atoms with Gasteiger partial charge in [-0.05, 0) is 25.1 Å². The van der Waals surface area contributed by atoms with E-state index in [9.17, 15) is 8.42 Å². The highest BCUT2D eigenvalue weighted by Crippen LogP contribution is 2.33. The summed E-state index contributed by atoms with van der Waals surface area (Å²) < 4.78 is 32.9. The molecule has 0 spiro atoms. The Morgan fingerprint density at radius 3 is 2.75 bits per heavy atom. The lowest BCUT2D eigenvalue weighted by Gasteiger charge is -2.08. The van der Waals surface area contributed by atoms with Crippen LogP contribution in [0.1, 0.15) is 17.7 Å². The second-order valence-corrected chi connectivity index (χ2v) is 8.30. The van der Waals surface area contributed by atoms with Crippen molar-refractivity contribution in [1.29, 1.82) is 0 Å². The van der Waals surface area contributed by atoms with Crippen LogP contribution < -0.4 is 4.72 Å². The molecule has 1 aromatic carbocycles. The number of anilines is 1. The van der Waals surface area contributed by atoms with Crippen molar-refractivity contribution in [2.24, 2.45) is 0 Å². The van der Waals surface area contributed by atoms with Gasteiger partial charge >= 0.3 is 0 Å². The minimum atomic E-state index is -3.76. The maximum atomic E-state index is 12.7. The van der Waals surface area contributed by atoms with Gasteiger partial charge in [-0.3, -0.25) is 4.72 Å². The molecule has 3 aromatic rings. The van der Waals surface area contributed by atoms with E-state index in [0.29, 0.717) is 38.6 Å². The molecule has 0 saturated carbocycles. The van der Waals surface area contributed by atoms with Crippen molar-refractivity contribution < 1.29 is 12.9 Å². The van der Waals surface area contributed by atoms with Gasteiger partial charge in [0.1, 0.15) is 4.90 Å². The van der Waals surface area contributed by atoms with Gasteiger partial charge in [-0.2, -0.15) is 4.98 Å². The van der Waals surface area contributed by atoms with Gasteiger partial charge in [-0.1, -0.05) is 35.8 Å². The van der Waals surface area contributed by atoms with Crippen LogP contribution in [-0.4, -0.2) is 18.6 Å². The van der Waals surface area contributed by atoms with Crippen molar-refractivity contribution >= 4 is 38.6 Å². The summed E-state index contributed by atoms with van der Waals surface area (Å²) >= 11 is 7.32. The summed E-state index contributed by atoms with van der Waals surface area (Å²) in [5.74, 6) is 0.897. The Morgan fingerprint density at radius 1 is 1.33 bits per heavy atom. The lowest BCUT2D eigenvalue weighted by Crippen LogP contribution is -2.13. The van der Waals surface area contributed by atoms with E-state index < -0.39 is 10.0 Å². The topological polar surface area (TPSA) is 85.1 Å². The Labute approximate surface area is 148 Å². The van der Waals surface area contributed by atoms with Gasteiger partial charge in [0.25, 0.3) is 10.0 Å². The van der Waals surface area contributed by atoms with Gasteiger partial charge in [-0.15, -0.1) is 11.3 Å². The molecule has 0 fully saturated rings. The molecule has 126 valence electrons. The summed E-state index contributed by atoms with van der Waals surface area (Å²) in [5, 5.41) is 4.21. The smallest absolute Gasteiger partial charge is 0.263 e.